The quantitative estimate of drug-likeness (QED) is 0.756. The maximum atomic E-state index is 11.4. The lowest BCUT2D eigenvalue weighted by atomic mass is 9.85. The Balaban J connectivity index is 2.08. The molecule has 0 aromatic heterocycles. The van der Waals surface area contributed by atoms with Crippen LogP contribution in [0.4, 0.5) is 0 Å². The van der Waals surface area contributed by atoms with Crippen molar-refractivity contribution in [2.24, 2.45) is 5.41 Å². The van der Waals surface area contributed by atoms with Gasteiger partial charge in [-0.05, 0) is 19.4 Å². The SMILES string of the molecule is CC1(C)OC[C@H]([C@H](OCc2ccccc2)C(C)(C)C=O)O1. The molecular formula is C17H24O4. The monoisotopic (exact) mass is 292 g/mol. The van der Waals surface area contributed by atoms with E-state index in [0.717, 1.165) is 11.8 Å². The molecule has 4 nitrogen and oxygen atoms in total. The average Bonchev–Trinajstić information content (AvgIpc) is 2.80. The van der Waals surface area contributed by atoms with E-state index >= 15 is 0 Å². The second-order valence-electron chi connectivity index (χ2n) is 6.52. The predicted molar refractivity (Wildman–Crippen MR) is 79.8 cm³/mol. The van der Waals surface area contributed by atoms with Gasteiger partial charge in [0, 0.05) is 5.41 Å². The first-order chi connectivity index (χ1) is 9.84. The minimum Gasteiger partial charge on any atom is -0.370 e. The van der Waals surface area contributed by atoms with Gasteiger partial charge in [-0.3, -0.25) is 0 Å². The van der Waals surface area contributed by atoms with Crippen LogP contribution in [0.15, 0.2) is 30.3 Å². The van der Waals surface area contributed by atoms with Crippen molar-refractivity contribution >= 4 is 6.29 Å². The topological polar surface area (TPSA) is 44.8 Å². The van der Waals surface area contributed by atoms with Gasteiger partial charge in [0.1, 0.15) is 12.4 Å². The Hall–Kier alpha value is -1.23. The Bertz CT molecular complexity index is 467. The lowest BCUT2D eigenvalue weighted by molar-refractivity contribution is -0.173. The number of ether oxygens (including phenoxy) is 3. The van der Waals surface area contributed by atoms with E-state index in [2.05, 4.69) is 0 Å². The van der Waals surface area contributed by atoms with Crippen molar-refractivity contribution in [1.29, 1.82) is 0 Å². The summed E-state index contributed by atoms with van der Waals surface area (Å²) in [4.78, 5) is 11.4. The molecule has 0 saturated carbocycles. The number of aldehydes is 1. The summed E-state index contributed by atoms with van der Waals surface area (Å²) < 4.78 is 17.5. The molecule has 0 N–H and O–H groups in total. The molecule has 0 radical (unpaired) electrons. The minimum atomic E-state index is -0.636. The van der Waals surface area contributed by atoms with Gasteiger partial charge in [-0.2, -0.15) is 0 Å². The van der Waals surface area contributed by atoms with Crippen LogP contribution in [-0.4, -0.2) is 30.9 Å². The summed E-state index contributed by atoms with van der Waals surface area (Å²) in [5, 5.41) is 0. The second-order valence-corrected chi connectivity index (χ2v) is 6.52. The fourth-order valence-corrected chi connectivity index (χ4v) is 2.49. The number of benzene rings is 1. The van der Waals surface area contributed by atoms with E-state index in [9.17, 15) is 4.79 Å². The first kappa shape index (κ1) is 16.1. The molecule has 0 spiro atoms. The van der Waals surface area contributed by atoms with E-state index in [-0.39, 0.29) is 12.2 Å². The Kier molecular flexibility index (Phi) is 4.81. The van der Waals surface area contributed by atoms with Crippen molar-refractivity contribution in [1.82, 2.24) is 0 Å². The van der Waals surface area contributed by atoms with Crippen molar-refractivity contribution in [3.8, 4) is 0 Å². The molecule has 0 aliphatic carbocycles. The zero-order valence-electron chi connectivity index (χ0n) is 13.2. The number of carbonyl (C=O) groups is 1. The summed E-state index contributed by atoms with van der Waals surface area (Å²) in [6.45, 7) is 8.35. The van der Waals surface area contributed by atoms with Gasteiger partial charge in [-0.15, -0.1) is 0 Å². The number of rotatable bonds is 6. The fraction of sp³-hybridized carbons (Fsp3) is 0.588. The van der Waals surface area contributed by atoms with Crippen LogP contribution in [0.25, 0.3) is 0 Å². The van der Waals surface area contributed by atoms with Gasteiger partial charge in [0.25, 0.3) is 0 Å². The molecule has 21 heavy (non-hydrogen) atoms. The summed E-state index contributed by atoms with van der Waals surface area (Å²) in [5.41, 5.74) is 0.436. The largest absolute Gasteiger partial charge is 0.370 e. The van der Waals surface area contributed by atoms with Crippen LogP contribution in [0.5, 0.6) is 0 Å². The van der Waals surface area contributed by atoms with Gasteiger partial charge >= 0.3 is 0 Å². The van der Waals surface area contributed by atoms with E-state index in [1.165, 1.54) is 0 Å². The Morgan fingerprint density at radius 3 is 2.57 bits per heavy atom. The van der Waals surface area contributed by atoms with E-state index in [1.807, 2.05) is 58.0 Å². The van der Waals surface area contributed by atoms with Crippen LogP contribution in [0.1, 0.15) is 33.3 Å². The van der Waals surface area contributed by atoms with Crippen LogP contribution < -0.4 is 0 Å². The van der Waals surface area contributed by atoms with Crippen LogP contribution in [0.3, 0.4) is 0 Å². The molecule has 1 aromatic carbocycles. The molecule has 1 aromatic rings. The first-order valence-corrected chi connectivity index (χ1v) is 7.28. The normalized spacial score (nSPS) is 23.0. The van der Waals surface area contributed by atoms with Gasteiger partial charge in [-0.1, -0.05) is 44.2 Å². The van der Waals surface area contributed by atoms with Gasteiger partial charge in [0.05, 0.1) is 19.3 Å². The van der Waals surface area contributed by atoms with E-state index in [4.69, 9.17) is 14.2 Å². The molecular weight excluding hydrogens is 268 g/mol. The summed E-state index contributed by atoms with van der Waals surface area (Å²) >= 11 is 0. The van der Waals surface area contributed by atoms with E-state index in [0.29, 0.717) is 13.2 Å². The van der Waals surface area contributed by atoms with Crippen LogP contribution in [-0.2, 0) is 25.6 Å². The van der Waals surface area contributed by atoms with Crippen molar-refractivity contribution in [2.75, 3.05) is 6.61 Å². The van der Waals surface area contributed by atoms with Crippen LogP contribution in [0.2, 0.25) is 0 Å². The molecule has 1 aliphatic rings. The number of carbonyl (C=O) groups excluding carboxylic acids is 1. The third kappa shape index (κ3) is 4.13. The zero-order chi connectivity index (χ0) is 15.5. The summed E-state index contributed by atoms with van der Waals surface area (Å²) in [6, 6.07) is 9.91. The molecule has 4 heteroatoms. The molecule has 0 unspecified atom stereocenters. The molecule has 1 heterocycles. The smallest absolute Gasteiger partial charge is 0.163 e. The van der Waals surface area contributed by atoms with Gasteiger partial charge in [0.15, 0.2) is 5.79 Å². The highest BCUT2D eigenvalue weighted by atomic mass is 16.7. The maximum Gasteiger partial charge on any atom is 0.163 e. The lowest BCUT2D eigenvalue weighted by Crippen LogP contribution is -2.44. The van der Waals surface area contributed by atoms with Crippen molar-refractivity contribution in [3.05, 3.63) is 35.9 Å². The van der Waals surface area contributed by atoms with Crippen LogP contribution in [0, 0.1) is 5.41 Å². The fourth-order valence-electron chi connectivity index (χ4n) is 2.49. The molecule has 0 amide bonds. The van der Waals surface area contributed by atoms with E-state index < -0.39 is 11.2 Å². The highest BCUT2D eigenvalue weighted by Gasteiger charge is 2.44. The third-order valence-electron chi connectivity index (χ3n) is 3.68. The third-order valence-corrected chi connectivity index (χ3v) is 3.68. The summed E-state index contributed by atoms with van der Waals surface area (Å²) in [7, 11) is 0. The van der Waals surface area contributed by atoms with Crippen LogP contribution >= 0.6 is 0 Å². The van der Waals surface area contributed by atoms with Crippen molar-refractivity contribution in [3.63, 3.8) is 0 Å². The second kappa shape index (κ2) is 6.26. The molecule has 2 rings (SSSR count). The Labute approximate surface area is 126 Å². The molecule has 1 saturated heterocycles. The maximum absolute atomic E-state index is 11.4. The zero-order valence-corrected chi connectivity index (χ0v) is 13.2. The number of hydrogen-bond acceptors (Lipinski definition) is 4. The lowest BCUT2D eigenvalue weighted by Gasteiger charge is -2.33. The molecule has 1 aliphatic heterocycles. The van der Waals surface area contributed by atoms with Gasteiger partial charge in [-0.25, -0.2) is 0 Å². The molecule has 116 valence electrons. The van der Waals surface area contributed by atoms with Gasteiger partial charge < -0.3 is 19.0 Å². The summed E-state index contributed by atoms with van der Waals surface area (Å²) in [5.74, 6) is -0.627. The average molecular weight is 292 g/mol. The Morgan fingerprint density at radius 1 is 1.38 bits per heavy atom. The standard InChI is InChI=1S/C17H24O4/c1-16(2,12-18)15(14-11-20-17(3,4)21-14)19-10-13-8-6-5-7-9-13/h5-9,12,14-15H,10-11H2,1-4H3/t14-,15+/m1/s1. The van der Waals surface area contributed by atoms with Gasteiger partial charge in [0.2, 0.25) is 0 Å². The summed E-state index contributed by atoms with van der Waals surface area (Å²) in [6.07, 6.45) is 0.332. The van der Waals surface area contributed by atoms with E-state index in [1.54, 1.807) is 0 Å². The molecule has 1 fully saturated rings. The highest BCUT2D eigenvalue weighted by Crippen LogP contribution is 2.33. The van der Waals surface area contributed by atoms with Crippen molar-refractivity contribution < 1.29 is 19.0 Å². The predicted octanol–water partition coefficient (Wildman–Crippen LogP) is 2.95. The highest BCUT2D eigenvalue weighted by molar-refractivity contribution is 5.59. The molecule has 2 atom stereocenters. The van der Waals surface area contributed by atoms with Crippen molar-refractivity contribution in [2.45, 2.75) is 52.3 Å². The number of hydrogen-bond donors (Lipinski definition) is 0. The molecule has 0 bridgehead atoms. The first-order valence-electron chi connectivity index (χ1n) is 7.28. The minimum absolute atomic E-state index is 0.246. The Morgan fingerprint density at radius 2 is 2.05 bits per heavy atom.